The molecule has 0 aromatic rings. The number of rotatable bonds is 38. The predicted molar refractivity (Wildman–Crippen MR) is 231 cm³/mol. The van der Waals surface area contributed by atoms with E-state index in [1.54, 1.807) is 0 Å². The summed E-state index contributed by atoms with van der Waals surface area (Å²) in [6.45, 7) is 6.24. The Hall–Kier alpha value is -2.70. The number of aliphatic hydroxyl groups is 2. The normalized spacial score (nSPS) is 14.1. The van der Waals surface area contributed by atoms with Crippen LogP contribution in [0.4, 0.5) is 0 Å². The van der Waals surface area contributed by atoms with Crippen LogP contribution in [0.2, 0.25) is 0 Å². The summed E-state index contributed by atoms with van der Waals surface area (Å²) in [6, 6.07) is -0.726. The molecule has 0 heterocycles. The minimum Gasteiger partial charge on any atom is -0.462 e. The Kier molecular flexibility index (Phi) is 39.4. The number of hydrogen-bond donors (Lipinski definition) is 3. The zero-order valence-electron chi connectivity index (χ0n) is 35.1. The third-order valence-electron chi connectivity index (χ3n) is 9.65. The molecule has 0 bridgehead atoms. The smallest absolute Gasteiger partial charge is 0.306 e. The van der Waals surface area contributed by atoms with Gasteiger partial charge in [-0.2, -0.15) is 0 Å². The van der Waals surface area contributed by atoms with E-state index in [9.17, 15) is 19.8 Å². The van der Waals surface area contributed by atoms with Crippen LogP contribution in [0, 0.1) is 0 Å². The summed E-state index contributed by atoms with van der Waals surface area (Å²) in [5, 5.41) is 23.6. The van der Waals surface area contributed by atoms with Crippen molar-refractivity contribution < 1.29 is 24.5 Å². The average Bonchev–Trinajstić information content (AvgIpc) is 3.16. The molecule has 54 heavy (non-hydrogen) atoms. The Labute approximate surface area is 332 Å². The number of carbonyl (C=O) groups excluding carboxylic acids is 2. The van der Waals surface area contributed by atoms with E-state index >= 15 is 0 Å². The lowest BCUT2D eigenvalue weighted by molar-refractivity contribution is -0.151. The first-order chi connectivity index (χ1) is 26.5. The standard InChI is InChI=1S/C48H83NO5/c1-4-7-10-13-16-19-22-23-26-27-30-33-36-39-44(54-48(53)41-38-35-32-29-25-21-18-15-12-9-6-3)42-47(52)49-45(43-50)46(51)40-37-34-31-28-24-20-17-14-11-8-5-2/h7,10,13,15-16,18-19,22-23,26-27,30,44-46,50-51H,4-6,8-9,11-12,14,17,20-21,24-25,28-29,31-43H2,1-3H3,(H,49,52)/b10-7+,16-13+,18-15-,22-19-,26-23-,30-27+. The van der Waals surface area contributed by atoms with Gasteiger partial charge < -0.3 is 20.3 Å². The zero-order chi connectivity index (χ0) is 39.6. The fourth-order valence-electron chi connectivity index (χ4n) is 6.26. The molecule has 310 valence electrons. The SMILES string of the molecule is CC/C=C/C=C/C=C\C=C/C=C/CCCC(CC(=O)NC(CO)C(O)CCCCCCCCCCCCC)OC(=O)CCCCCCC/C=C\CCCC. The van der Waals surface area contributed by atoms with Crippen LogP contribution >= 0.6 is 0 Å². The lowest BCUT2D eigenvalue weighted by atomic mass is 10.0. The summed E-state index contributed by atoms with van der Waals surface area (Å²) in [4.78, 5) is 25.9. The second kappa shape index (κ2) is 41.5. The molecule has 0 aliphatic rings. The molecule has 0 aromatic carbocycles. The second-order valence-corrected chi connectivity index (χ2v) is 14.8. The summed E-state index contributed by atoms with van der Waals surface area (Å²) in [6.07, 6.45) is 51.0. The maximum absolute atomic E-state index is 13.1. The minimum absolute atomic E-state index is 0.0224. The van der Waals surface area contributed by atoms with E-state index < -0.39 is 18.2 Å². The van der Waals surface area contributed by atoms with Gasteiger partial charge in [-0.25, -0.2) is 0 Å². The summed E-state index contributed by atoms with van der Waals surface area (Å²) >= 11 is 0. The monoisotopic (exact) mass is 754 g/mol. The maximum Gasteiger partial charge on any atom is 0.306 e. The van der Waals surface area contributed by atoms with Crippen LogP contribution < -0.4 is 5.32 Å². The quantitative estimate of drug-likeness (QED) is 0.0252. The summed E-state index contributed by atoms with van der Waals surface area (Å²) in [7, 11) is 0. The Morgan fingerprint density at radius 3 is 1.65 bits per heavy atom. The van der Waals surface area contributed by atoms with E-state index in [1.807, 2.05) is 48.6 Å². The molecule has 0 fully saturated rings. The van der Waals surface area contributed by atoms with E-state index in [-0.39, 0.29) is 24.9 Å². The van der Waals surface area contributed by atoms with Crippen molar-refractivity contribution in [2.24, 2.45) is 0 Å². The van der Waals surface area contributed by atoms with Crippen molar-refractivity contribution in [1.82, 2.24) is 5.32 Å². The Bertz CT molecular complexity index is 1030. The van der Waals surface area contributed by atoms with Crippen LogP contribution in [0.1, 0.15) is 194 Å². The largest absolute Gasteiger partial charge is 0.462 e. The molecule has 0 aromatic heterocycles. The van der Waals surface area contributed by atoms with Crippen molar-refractivity contribution in [2.45, 2.75) is 212 Å². The number of carbonyl (C=O) groups is 2. The van der Waals surface area contributed by atoms with Crippen LogP contribution in [0.15, 0.2) is 72.9 Å². The summed E-state index contributed by atoms with van der Waals surface area (Å²) in [5.74, 6) is -0.565. The molecular weight excluding hydrogens is 671 g/mol. The summed E-state index contributed by atoms with van der Waals surface area (Å²) < 4.78 is 5.85. The highest BCUT2D eigenvalue weighted by atomic mass is 16.5. The van der Waals surface area contributed by atoms with Gasteiger partial charge in [-0.1, -0.05) is 196 Å². The predicted octanol–water partition coefficient (Wildman–Crippen LogP) is 12.7. The number of unbranched alkanes of at least 4 members (excludes halogenated alkanes) is 18. The van der Waals surface area contributed by atoms with Crippen LogP contribution in [-0.4, -0.2) is 46.9 Å². The second-order valence-electron chi connectivity index (χ2n) is 14.8. The van der Waals surface area contributed by atoms with E-state index in [2.05, 4.69) is 50.4 Å². The van der Waals surface area contributed by atoms with Gasteiger partial charge >= 0.3 is 5.97 Å². The molecule has 1 amide bonds. The van der Waals surface area contributed by atoms with Crippen LogP contribution in [0.25, 0.3) is 0 Å². The van der Waals surface area contributed by atoms with Gasteiger partial charge in [0.1, 0.15) is 6.10 Å². The Morgan fingerprint density at radius 2 is 1.06 bits per heavy atom. The molecule has 3 unspecified atom stereocenters. The molecule has 3 atom stereocenters. The molecule has 0 saturated carbocycles. The molecule has 0 radical (unpaired) electrons. The number of ether oxygens (including phenoxy) is 1. The first-order valence-electron chi connectivity index (χ1n) is 22.2. The van der Waals surface area contributed by atoms with Crippen molar-refractivity contribution in [3.63, 3.8) is 0 Å². The van der Waals surface area contributed by atoms with Crippen LogP contribution in [0.3, 0.4) is 0 Å². The van der Waals surface area contributed by atoms with Gasteiger partial charge in [-0.05, 0) is 57.8 Å². The first-order valence-corrected chi connectivity index (χ1v) is 22.2. The molecule has 0 aliphatic carbocycles. The molecule has 0 rings (SSSR count). The molecular formula is C48H83NO5. The number of allylic oxidation sites excluding steroid dienone is 12. The lowest BCUT2D eigenvalue weighted by Gasteiger charge is -2.24. The molecule has 0 aliphatic heterocycles. The van der Waals surface area contributed by atoms with E-state index in [1.165, 1.54) is 83.5 Å². The number of esters is 1. The van der Waals surface area contributed by atoms with Crippen LogP contribution in [-0.2, 0) is 14.3 Å². The molecule has 0 spiro atoms. The third kappa shape index (κ3) is 36.3. The highest BCUT2D eigenvalue weighted by molar-refractivity contribution is 5.77. The fraction of sp³-hybridized carbons (Fsp3) is 0.708. The van der Waals surface area contributed by atoms with Crippen molar-refractivity contribution in [1.29, 1.82) is 0 Å². The number of amides is 1. The average molecular weight is 754 g/mol. The molecule has 6 heteroatoms. The first kappa shape index (κ1) is 51.3. The van der Waals surface area contributed by atoms with Gasteiger partial charge in [-0.3, -0.25) is 9.59 Å². The number of nitrogens with one attached hydrogen (secondary N) is 1. The van der Waals surface area contributed by atoms with Gasteiger partial charge in [0.2, 0.25) is 5.91 Å². The minimum atomic E-state index is -0.808. The van der Waals surface area contributed by atoms with Crippen molar-refractivity contribution in [3.05, 3.63) is 72.9 Å². The number of aliphatic hydroxyl groups excluding tert-OH is 2. The zero-order valence-corrected chi connectivity index (χ0v) is 35.1. The van der Waals surface area contributed by atoms with Gasteiger partial charge in [0, 0.05) is 6.42 Å². The van der Waals surface area contributed by atoms with E-state index in [0.29, 0.717) is 19.3 Å². The topological polar surface area (TPSA) is 95.9 Å². The highest BCUT2D eigenvalue weighted by Crippen LogP contribution is 2.16. The van der Waals surface area contributed by atoms with E-state index in [0.717, 1.165) is 64.2 Å². The molecule has 0 saturated heterocycles. The van der Waals surface area contributed by atoms with Gasteiger partial charge in [0.25, 0.3) is 0 Å². The van der Waals surface area contributed by atoms with Gasteiger partial charge in [0.05, 0.1) is 25.2 Å². The molecule has 3 N–H and O–H groups in total. The summed E-state index contributed by atoms with van der Waals surface area (Å²) in [5.41, 5.74) is 0. The number of hydrogen-bond acceptors (Lipinski definition) is 5. The third-order valence-corrected chi connectivity index (χ3v) is 9.65. The van der Waals surface area contributed by atoms with Crippen molar-refractivity contribution in [2.75, 3.05) is 6.61 Å². The van der Waals surface area contributed by atoms with Crippen molar-refractivity contribution in [3.8, 4) is 0 Å². The van der Waals surface area contributed by atoms with Crippen LogP contribution in [0.5, 0.6) is 0 Å². The van der Waals surface area contributed by atoms with Gasteiger partial charge in [-0.15, -0.1) is 0 Å². The maximum atomic E-state index is 13.1. The Balaban J connectivity index is 4.76. The Morgan fingerprint density at radius 1 is 0.556 bits per heavy atom. The van der Waals surface area contributed by atoms with Crippen molar-refractivity contribution >= 4 is 11.9 Å². The van der Waals surface area contributed by atoms with E-state index in [4.69, 9.17) is 4.74 Å². The fourth-order valence-corrected chi connectivity index (χ4v) is 6.26. The van der Waals surface area contributed by atoms with Gasteiger partial charge in [0.15, 0.2) is 0 Å². The highest BCUT2D eigenvalue weighted by Gasteiger charge is 2.24. The lowest BCUT2D eigenvalue weighted by Crippen LogP contribution is -2.46. The molecule has 6 nitrogen and oxygen atoms in total.